The normalized spacial score (nSPS) is 13.3. The molecule has 0 aliphatic heterocycles. The molecule has 14 N–H and O–H groups in total. The molecule has 0 fully saturated rings. The van der Waals surface area contributed by atoms with Gasteiger partial charge in [-0.1, -0.05) is 54.6 Å². The third-order valence-electron chi connectivity index (χ3n) is 7.86. The molecule has 0 radical (unpaired) electrons. The van der Waals surface area contributed by atoms with Gasteiger partial charge in [-0.2, -0.15) is 0 Å². The van der Waals surface area contributed by atoms with E-state index >= 15 is 0 Å². The van der Waals surface area contributed by atoms with Gasteiger partial charge < -0.3 is 45.0 Å². The second-order valence-corrected chi connectivity index (χ2v) is 11.1. The molecular weight excluding hydrogens is 572 g/mol. The molecule has 0 bridgehead atoms. The summed E-state index contributed by atoms with van der Waals surface area (Å²) in [5.74, 6) is -1.86. The van der Waals surface area contributed by atoms with E-state index in [1.807, 2.05) is 12.1 Å². The summed E-state index contributed by atoms with van der Waals surface area (Å²) in [6.07, 6.45) is 2.14. The third kappa shape index (κ3) is 8.48. The molecule has 3 atom stereocenters. The zero-order chi connectivity index (χ0) is 32.5. The number of carbonyl (C=O) groups is 3. The summed E-state index contributed by atoms with van der Waals surface area (Å²) < 4.78 is 0. The molecule has 13 heteroatoms. The van der Waals surface area contributed by atoms with E-state index in [0.29, 0.717) is 32.2 Å². The highest BCUT2D eigenvalue weighted by Gasteiger charge is 2.27. The summed E-state index contributed by atoms with van der Waals surface area (Å²) in [6, 6.07) is 15.9. The second kappa shape index (κ2) is 15.0. The van der Waals surface area contributed by atoms with E-state index in [1.54, 1.807) is 0 Å². The fraction of sp³-hybridized carbons (Fsp3) is 0.344. The fourth-order valence-electron chi connectivity index (χ4n) is 5.57. The first-order valence-corrected chi connectivity index (χ1v) is 15.0. The van der Waals surface area contributed by atoms with E-state index in [9.17, 15) is 14.4 Å². The quantitative estimate of drug-likeness (QED) is 0.0378. The minimum Gasteiger partial charge on any atom is -0.370 e. The minimum atomic E-state index is -0.987. The topological polar surface area (TPSA) is 256 Å². The number of nitrogens with zero attached hydrogens (tertiary/aromatic N) is 2. The van der Waals surface area contributed by atoms with Crippen LogP contribution in [0.25, 0.3) is 32.3 Å². The Morgan fingerprint density at radius 2 is 1.20 bits per heavy atom. The fourth-order valence-corrected chi connectivity index (χ4v) is 5.57. The number of amides is 3. The largest absolute Gasteiger partial charge is 0.370 e. The van der Waals surface area contributed by atoms with Crippen LogP contribution in [0.15, 0.2) is 64.6 Å². The van der Waals surface area contributed by atoms with E-state index < -0.39 is 35.8 Å². The molecule has 0 saturated heterocycles. The maximum absolute atomic E-state index is 13.6. The van der Waals surface area contributed by atoms with Crippen molar-refractivity contribution in [3.63, 3.8) is 0 Å². The lowest BCUT2D eigenvalue weighted by molar-refractivity contribution is -0.132. The van der Waals surface area contributed by atoms with Crippen molar-refractivity contribution in [3.8, 4) is 0 Å². The number of aryl methyl sites for hydroxylation is 1. The van der Waals surface area contributed by atoms with Crippen molar-refractivity contribution in [2.75, 3.05) is 13.1 Å². The number of hydrogen-bond acceptors (Lipinski definition) is 6. The molecular formula is C32H42N10O3. The molecule has 0 spiro atoms. The number of hydrogen-bond donors (Lipinski definition) is 8. The van der Waals surface area contributed by atoms with Gasteiger partial charge in [0.15, 0.2) is 11.9 Å². The van der Waals surface area contributed by atoms with Crippen molar-refractivity contribution in [1.82, 2.24) is 10.6 Å². The number of nitrogens with two attached hydrogens (primary N) is 6. The van der Waals surface area contributed by atoms with Gasteiger partial charge in [-0.3, -0.25) is 24.4 Å². The predicted octanol–water partition coefficient (Wildman–Crippen LogP) is 0.406. The maximum atomic E-state index is 13.6. The number of benzene rings is 4. The first-order valence-electron chi connectivity index (χ1n) is 15.0. The number of guanidine groups is 2. The molecule has 4 rings (SSSR count). The van der Waals surface area contributed by atoms with Crippen LogP contribution < -0.4 is 45.0 Å². The average Bonchev–Trinajstić information content (AvgIpc) is 3.01. The van der Waals surface area contributed by atoms with E-state index in [-0.39, 0.29) is 31.3 Å². The molecule has 4 aromatic rings. The summed E-state index contributed by atoms with van der Waals surface area (Å²) in [7, 11) is 0. The Bertz CT molecular complexity index is 1700. The Morgan fingerprint density at radius 3 is 1.82 bits per heavy atom. The lowest BCUT2D eigenvalue weighted by Crippen LogP contribution is -2.55. The standard InChI is InChI=1S/C32H42N10O3/c33-23(6-2-16-39-31(35)36)29(44)42-25(30(45)41-24(28(34)43)7-3-17-40-32(37)38)15-13-18-8-9-21-11-10-19-4-1-5-20-12-14-22(18)27(21)26(19)20/h1,4-5,8-12,14,23-25H,2-3,6-7,13,15-17,33H2,(H2,34,43)(H,41,45)(H,42,44)(H4,35,36,39)(H4,37,38,40)/t23-,24-,25+/m1/s1. The molecule has 0 unspecified atom stereocenters. The zero-order valence-electron chi connectivity index (χ0n) is 25.2. The Kier molecular flexibility index (Phi) is 10.9. The van der Waals surface area contributed by atoms with Crippen molar-refractivity contribution in [2.45, 2.75) is 56.7 Å². The van der Waals surface area contributed by atoms with Gasteiger partial charge >= 0.3 is 0 Å². The first kappa shape index (κ1) is 32.7. The summed E-state index contributed by atoms with van der Waals surface area (Å²) in [4.78, 5) is 46.7. The van der Waals surface area contributed by atoms with Crippen molar-refractivity contribution >= 4 is 62.0 Å². The van der Waals surface area contributed by atoms with Crippen molar-refractivity contribution in [3.05, 3.63) is 60.2 Å². The van der Waals surface area contributed by atoms with Crippen LogP contribution in [0.5, 0.6) is 0 Å². The van der Waals surface area contributed by atoms with Crippen LogP contribution >= 0.6 is 0 Å². The highest BCUT2D eigenvalue weighted by Crippen LogP contribution is 2.36. The van der Waals surface area contributed by atoms with Crippen molar-refractivity contribution in [2.24, 2.45) is 44.4 Å². The van der Waals surface area contributed by atoms with Gasteiger partial charge in [0, 0.05) is 13.1 Å². The lowest BCUT2D eigenvalue weighted by atomic mass is 9.90. The van der Waals surface area contributed by atoms with Gasteiger partial charge in [-0.25, -0.2) is 0 Å². The zero-order valence-corrected chi connectivity index (χ0v) is 25.2. The second-order valence-electron chi connectivity index (χ2n) is 11.1. The Balaban J connectivity index is 1.54. The van der Waals surface area contributed by atoms with Crippen LogP contribution in [0, 0.1) is 0 Å². The number of carbonyl (C=O) groups excluding carboxylic acids is 3. The van der Waals surface area contributed by atoms with Crippen molar-refractivity contribution < 1.29 is 14.4 Å². The molecule has 0 aromatic heterocycles. The summed E-state index contributed by atoms with van der Waals surface area (Å²) >= 11 is 0. The van der Waals surface area contributed by atoms with E-state index in [0.717, 1.165) is 32.5 Å². The molecule has 0 saturated carbocycles. The smallest absolute Gasteiger partial charge is 0.243 e. The monoisotopic (exact) mass is 614 g/mol. The minimum absolute atomic E-state index is 0.0427. The first-order chi connectivity index (χ1) is 21.5. The number of primary amides is 1. The van der Waals surface area contributed by atoms with Gasteiger partial charge in [-0.05, 0) is 76.4 Å². The van der Waals surface area contributed by atoms with Crippen LogP contribution in [0.3, 0.4) is 0 Å². The number of nitrogens with one attached hydrogen (secondary N) is 2. The molecule has 0 aliphatic carbocycles. The van der Waals surface area contributed by atoms with Gasteiger partial charge in [0.1, 0.15) is 12.1 Å². The van der Waals surface area contributed by atoms with Gasteiger partial charge in [0.2, 0.25) is 17.7 Å². The Hall–Kier alpha value is -5.17. The lowest BCUT2D eigenvalue weighted by Gasteiger charge is -2.24. The highest BCUT2D eigenvalue weighted by molar-refractivity contribution is 6.23. The van der Waals surface area contributed by atoms with Crippen molar-refractivity contribution in [1.29, 1.82) is 0 Å². The summed E-state index contributed by atoms with van der Waals surface area (Å²) in [5.41, 5.74) is 34.2. The SMILES string of the molecule is NC(=O)[C@@H](CCCN=C(N)N)NC(=O)[C@H](CCc1ccc2ccc3cccc4ccc1c2c34)NC(=O)[C@H](N)CCCN=C(N)N. The molecule has 238 valence electrons. The molecule has 0 heterocycles. The van der Waals surface area contributed by atoms with Crippen LogP contribution in [-0.4, -0.2) is 60.9 Å². The average molecular weight is 615 g/mol. The van der Waals surface area contributed by atoms with Gasteiger partial charge in [-0.15, -0.1) is 0 Å². The molecule has 13 nitrogen and oxygen atoms in total. The Morgan fingerprint density at radius 1 is 0.644 bits per heavy atom. The van der Waals surface area contributed by atoms with E-state index in [1.165, 1.54) is 5.39 Å². The molecule has 0 aliphatic rings. The van der Waals surface area contributed by atoms with Crippen LogP contribution in [0.2, 0.25) is 0 Å². The van der Waals surface area contributed by atoms with Crippen LogP contribution in [0.4, 0.5) is 0 Å². The number of rotatable bonds is 16. The molecule has 3 amide bonds. The third-order valence-corrected chi connectivity index (χ3v) is 7.86. The van der Waals surface area contributed by atoms with Gasteiger partial charge in [0.05, 0.1) is 6.04 Å². The van der Waals surface area contributed by atoms with E-state index in [4.69, 9.17) is 34.4 Å². The number of aliphatic imine (C=N–C) groups is 2. The molecule has 4 aromatic carbocycles. The molecule has 45 heavy (non-hydrogen) atoms. The Labute approximate surface area is 261 Å². The van der Waals surface area contributed by atoms with E-state index in [2.05, 4.69) is 63.1 Å². The van der Waals surface area contributed by atoms with Crippen LogP contribution in [-0.2, 0) is 20.8 Å². The maximum Gasteiger partial charge on any atom is 0.243 e. The predicted molar refractivity (Wildman–Crippen MR) is 179 cm³/mol. The van der Waals surface area contributed by atoms with Gasteiger partial charge in [0.25, 0.3) is 0 Å². The van der Waals surface area contributed by atoms with Crippen LogP contribution in [0.1, 0.15) is 37.7 Å². The summed E-state index contributed by atoms with van der Waals surface area (Å²) in [5, 5.41) is 12.3. The summed E-state index contributed by atoms with van der Waals surface area (Å²) in [6.45, 7) is 0.591. The highest BCUT2D eigenvalue weighted by atomic mass is 16.2.